The average molecular weight is 243 g/mol. The highest BCUT2D eigenvalue weighted by molar-refractivity contribution is 6.29. The van der Waals surface area contributed by atoms with E-state index in [1.165, 1.54) is 12.4 Å². The van der Waals surface area contributed by atoms with Crippen molar-refractivity contribution in [3.05, 3.63) is 23.2 Å². The molecule has 0 amide bonds. The van der Waals surface area contributed by atoms with Gasteiger partial charge < -0.3 is 4.74 Å². The molecule has 0 aliphatic heterocycles. The predicted molar refractivity (Wildman–Crippen MR) is 61.4 cm³/mol. The van der Waals surface area contributed by atoms with Crippen molar-refractivity contribution in [2.24, 2.45) is 5.92 Å². The van der Waals surface area contributed by atoms with Crippen LogP contribution in [0.5, 0.6) is 0 Å². The standard InChI is InChI=1S/C11H15ClN2O2/c1-3-4-8(2)7-16-11(15)9-5-14-10(12)6-13-9/h5-6,8H,3-4,7H2,1-2H3. The molecule has 0 fully saturated rings. The fourth-order valence-corrected chi connectivity index (χ4v) is 1.38. The van der Waals surface area contributed by atoms with Crippen LogP contribution in [0, 0.1) is 5.92 Å². The minimum absolute atomic E-state index is 0.188. The molecule has 16 heavy (non-hydrogen) atoms. The Morgan fingerprint density at radius 2 is 2.25 bits per heavy atom. The van der Waals surface area contributed by atoms with Crippen molar-refractivity contribution in [3.8, 4) is 0 Å². The highest BCUT2D eigenvalue weighted by Crippen LogP contribution is 2.07. The van der Waals surface area contributed by atoms with Gasteiger partial charge in [-0.2, -0.15) is 0 Å². The summed E-state index contributed by atoms with van der Waals surface area (Å²) in [6.45, 7) is 4.56. The zero-order valence-corrected chi connectivity index (χ0v) is 10.2. The molecule has 0 aliphatic carbocycles. The van der Waals surface area contributed by atoms with Crippen LogP contribution < -0.4 is 0 Å². The Kier molecular flexibility index (Phi) is 5.19. The minimum Gasteiger partial charge on any atom is -0.461 e. The summed E-state index contributed by atoms with van der Waals surface area (Å²) in [4.78, 5) is 19.1. The molecule has 5 heteroatoms. The molecule has 0 aliphatic rings. The molecule has 0 radical (unpaired) electrons. The fourth-order valence-electron chi connectivity index (χ4n) is 1.29. The van der Waals surface area contributed by atoms with Gasteiger partial charge in [0.2, 0.25) is 0 Å². The zero-order chi connectivity index (χ0) is 12.0. The van der Waals surface area contributed by atoms with E-state index >= 15 is 0 Å². The summed E-state index contributed by atoms with van der Waals surface area (Å²) in [7, 11) is 0. The molecule has 0 aromatic carbocycles. The van der Waals surface area contributed by atoms with Crippen LogP contribution in [0.2, 0.25) is 5.15 Å². The zero-order valence-electron chi connectivity index (χ0n) is 9.44. The molecule has 1 heterocycles. The summed E-state index contributed by atoms with van der Waals surface area (Å²) < 4.78 is 5.10. The van der Waals surface area contributed by atoms with Gasteiger partial charge in [-0.25, -0.2) is 14.8 Å². The van der Waals surface area contributed by atoms with Gasteiger partial charge in [0.25, 0.3) is 0 Å². The van der Waals surface area contributed by atoms with Gasteiger partial charge in [0, 0.05) is 0 Å². The maximum absolute atomic E-state index is 11.5. The second-order valence-electron chi connectivity index (χ2n) is 3.72. The van der Waals surface area contributed by atoms with E-state index in [0.29, 0.717) is 12.5 Å². The lowest BCUT2D eigenvalue weighted by atomic mass is 10.1. The van der Waals surface area contributed by atoms with Crippen molar-refractivity contribution in [2.45, 2.75) is 26.7 Å². The lowest BCUT2D eigenvalue weighted by Crippen LogP contribution is -2.13. The van der Waals surface area contributed by atoms with Crippen LogP contribution in [0.1, 0.15) is 37.2 Å². The van der Waals surface area contributed by atoms with Crippen LogP contribution in [-0.2, 0) is 4.74 Å². The number of carbonyl (C=O) groups excluding carboxylic acids is 1. The van der Waals surface area contributed by atoms with Gasteiger partial charge in [0.05, 0.1) is 19.0 Å². The van der Waals surface area contributed by atoms with Gasteiger partial charge in [-0.05, 0) is 12.3 Å². The van der Waals surface area contributed by atoms with Crippen LogP contribution in [0.15, 0.2) is 12.4 Å². The highest BCUT2D eigenvalue weighted by Gasteiger charge is 2.11. The number of halogens is 1. The molecule has 0 N–H and O–H groups in total. The van der Waals surface area contributed by atoms with Crippen molar-refractivity contribution in [1.82, 2.24) is 9.97 Å². The number of carbonyl (C=O) groups is 1. The molecule has 1 aromatic rings. The van der Waals surface area contributed by atoms with Crippen molar-refractivity contribution < 1.29 is 9.53 Å². The van der Waals surface area contributed by atoms with Gasteiger partial charge in [0.15, 0.2) is 5.69 Å². The van der Waals surface area contributed by atoms with Crippen LogP contribution >= 0.6 is 11.6 Å². The quantitative estimate of drug-likeness (QED) is 0.745. The van der Waals surface area contributed by atoms with Crippen molar-refractivity contribution in [1.29, 1.82) is 0 Å². The van der Waals surface area contributed by atoms with E-state index in [4.69, 9.17) is 16.3 Å². The Balaban J connectivity index is 2.43. The molecular weight excluding hydrogens is 228 g/mol. The van der Waals surface area contributed by atoms with E-state index in [2.05, 4.69) is 16.9 Å². The molecule has 1 rings (SSSR count). The highest BCUT2D eigenvalue weighted by atomic mass is 35.5. The molecule has 0 saturated carbocycles. The maximum atomic E-state index is 11.5. The first-order valence-electron chi connectivity index (χ1n) is 5.28. The second-order valence-corrected chi connectivity index (χ2v) is 4.10. The fraction of sp³-hybridized carbons (Fsp3) is 0.545. The first kappa shape index (κ1) is 12.9. The third kappa shape index (κ3) is 4.14. The number of hydrogen-bond donors (Lipinski definition) is 0. The first-order valence-corrected chi connectivity index (χ1v) is 5.66. The number of nitrogens with zero attached hydrogens (tertiary/aromatic N) is 2. The average Bonchev–Trinajstić information content (AvgIpc) is 2.27. The maximum Gasteiger partial charge on any atom is 0.358 e. The topological polar surface area (TPSA) is 52.1 Å². The van der Waals surface area contributed by atoms with E-state index in [-0.39, 0.29) is 10.8 Å². The van der Waals surface area contributed by atoms with E-state index in [9.17, 15) is 4.79 Å². The van der Waals surface area contributed by atoms with Gasteiger partial charge in [-0.15, -0.1) is 0 Å². The van der Waals surface area contributed by atoms with Crippen LogP contribution in [0.25, 0.3) is 0 Å². The largest absolute Gasteiger partial charge is 0.461 e. The Labute approximate surface area is 100 Å². The van der Waals surface area contributed by atoms with Gasteiger partial charge in [-0.3, -0.25) is 0 Å². The van der Waals surface area contributed by atoms with E-state index in [0.717, 1.165) is 12.8 Å². The summed E-state index contributed by atoms with van der Waals surface area (Å²) in [5.74, 6) is -0.0821. The molecule has 88 valence electrons. The van der Waals surface area contributed by atoms with Crippen molar-refractivity contribution >= 4 is 17.6 Å². The minimum atomic E-state index is -0.452. The van der Waals surface area contributed by atoms with E-state index < -0.39 is 5.97 Å². The summed E-state index contributed by atoms with van der Waals surface area (Å²) in [6, 6.07) is 0. The Hall–Kier alpha value is -1.16. The Morgan fingerprint density at radius 1 is 1.50 bits per heavy atom. The molecule has 0 bridgehead atoms. The summed E-state index contributed by atoms with van der Waals surface area (Å²) in [6.07, 6.45) is 4.77. The molecule has 1 aromatic heterocycles. The predicted octanol–water partition coefficient (Wildman–Crippen LogP) is 2.72. The monoisotopic (exact) mass is 242 g/mol. The lowest BCUT2D eigenvalue weighted by Gasteiger charge is -2.10. The van der Waals surface area contributed by atoms with Gasteiger partial charge in [-0.1, -0.05) is 31.9 Å². The number of rotatable bonds is 5. The number of hydrogen-bond acceptors (Lipinski definition) is 4. The second kappa shape index (κ2) is 6.43. The third-order valence-electron chi connectivity index (χ3n) is 2.11. The number of esters is 1. The normalized spacial score (nSPS) is 12.2. The Bertz CT molecular complexity index is 340. The van der Waals surface area contributed by atoms with E-state index in [1.54, 1.807) is 0 Å². The van der Waals surface area contributed by atoms with Crippen LogP contribution in [0.4, 0.5) is 0 Å². The molecule has 1 unspecified atom stereocenters. The van der Waals surface area contributed by atoms with Crippen LogP contribution in [0.3, 0.4) is 0 Å². The molecule has 0 spiro atoms. The Morgan fingerprint density at radius 3 is 2.81 bits per heavy atom. The van der Waals surface area contributed by atoms with Crippen LogP contribution in [-0.4, -0.2) is 22.5 Å². The number of aromatic nitrogens is 2. The summed E-state index contributed by atoms with van der Waals surface area (Å²) in [5, 5.41) is 0.260. The molecule has 1 atom stereocenters. The lowest BCUT2D eigenvalue weighted by molar-refractivity contribution is 0.0436. The SMILES string of the molecule is CCCC(C)COC(=O)c1cnc(Cl)cn1. The first-order chi connectivity index (χ1) is 7.63. The molecule has 0 saturated heterocycles. The van der Waals surface area contributed by atoms with Gasteiger partial charge in [0.1, 0.15) is 5.15 Å². The summed E-state index contributed by atoms with van der Waals surface area (Å²) >= 11 is 5.56. The molecular formula is C11H15ClN2O2. The number of ether oxygens (including phenoxy) is 1. The summed E-state index contributed by atoms with van der Waals surface area (Å²) in [5.41, 5.74) is 0.188. The van der Waals surface area contributed by atoms with Crippen molar-refractivity contribution in [2.75, 3.05) is 6.61 Å². The third-order valence-corrected chi connectivity index (χ3v) is 2.31. The molecule has 4 nitrogen and oxygen atoms in total. The van der Waals surface area contributed by atoms with Crippen molar-refractivity contribution in [3.63, 3.8) is 0 Å². The van der Waals surface area contributed by atoms with Gasteiger partial charge >= 0.3 is 5.97 Å². The van der Waals surface area contributed by atoms with E-state index in [1.807, 2.05) is 6.92 Å². The smallest absolute Gasteiger partial charge is 0.358 e.